The van der Waals surface area contributed by atoms with E-state index in [4.69, 9.17) is 21.3 Å². The maximum absolute atomic E-state index is 13.4. The normalized spacial score (nSPS) is 14.3. The molecule has 0 N–H and O–H groups in total. The molecule has 1 aliphatic rings. The summed E-state index contributed by atoms with van der Waals surface area (Å²) in [4.78, 5) is 28.8. The number of fused-ring (bicyclic) bond motifs is 1. The van der Waals surface area contributed by atoms with E-state index < -0.39 is 4.92 Å². The number of non-ortho nitro benzene ring substituents is 1. The molecule has 0 unspecified atom stereocenters. The summed E-state index contributed by atoms with van der Waals surface area (Å²) in [5, 5.41) is 16.5. The first-order valence-electron chi connectivity index (χ1n) is 12.3. The quantitative estimate of drug-likeness (QED) is 0.127. The van der Waals surface area contributed by atoms with Gasteiger partial charge in [0.2, 0.25) is 0 Å². The molecule has 3 aromatic carbocycles. The van der Waals surface area contributed by atoms with E-state index in [0.717, 1.165) is 25.7 Å². The topological polar surface area (TPSA) is 99.6 Å². The molecule has 0 aliphatic heterocycles. The van der Waals surface area contributed by atoms with Crippen molar-refractivity contribution in [3.05, 3.63) is 108 Å². The molecular weight excluding hydrogens is 572 g/mol. The van der Waals surface area contributed by atoms with E-state index in [1.54, 1.807) is 36.5 Å². The Balaban J connectivity index is 1.43. The third kappa shape index (κ3) is 5.63. The summed E-state index contributed by atoms with van der Waals surface area (Å²) < 4.78 is 7.88. The number of benzene rings is 3. The maximum atomic E-state index is 13.4. The van der Waals surface area contributed by atoms with Crippen LogP contribution in [-0.2, 0) is 6.61 Å². The van der Waals surface area contributed by atoms with Crippen LogP contribution in [0, 0.1) is 10.1 Å². The van der Waals surface area contributed by atoms with E-state index in [0.29, 0.717) is 43.1 Å². The predicted molar refractivity (Wildman–Crippen MR) is 151 cm³/mol. The van der Waals surface area contributed by atoms with Crippen molar-refractivity contribution >= 4 is 50.3 Å². The van der Waals surface area contributed by atoms with Crippen LogP contribution in [0.3, 0.4) is 0 Å². The molecule has 0 saturated heterocycles. The highest BCUT2D eigenvalue weighted by Crippen LogP contribution is 2.35. The zero-order valence-electron chi connectivity index (χ0n) is 20.3. The summed E-state index contributed by atoms with van der Waals surface area (Å²) in [5.74, 6) is 1.27. The van der Waals surface area contributed by atoms with Gasteiger partial charge in [-0.3, -0.25) is 14.9 Å². The molecule has 1 aliphatic carbocycles. The first-order chi connectivity index (χ1) is 18.4. The fraction of sp³-hybridized carbons (Fsp3) is 0.250. The molecule has 8 nitrogen and oxygen atoms in total. The number of hydrogen-bond donors (Lipinski definition) is 0. The predicted octanol–water partition coefficient (Wildman–Crippen LogP) is 7.23. The van der Waals surface area contributed by atoms with E-state index in [-0.39, 0.29) is 23.8 Å². The Morgan fingerprint density at radius 1 is 1.13 bits per heavy atom. The van der Waals surface area contributed by atoms with Crippen molar-refractivity contribution in [3.8, 4) is 5.75 Å². The largest absolute Gasteiger partial charge is 0.486 e. The van der Waals surface area contributed by atoms with Gasteiger partial charge in [0.05, 0.1) is 31.5 Å². The minimum atomic E-state index is -0.448. The number of hydrogen-bond acceptors (Lipinski definition) is 6. The van der Waals surface area contributed by atoms with E-state index >= 15 is 0 Å². The van der Waals surface area contributed by atoms with Crippen LogP contribution in [-0.4, -0.2) is 20.8 Å². The van der Waals surface area contributed by atoms with Gasteiger partial charge in [-0.2, -0.15) is 9.78 Å². The summed E-state index contributed by atoms with van der Waals surface area (Å²) in [7, 11) is 0. The molecule has 10 heteroatoms. The number of ether oxygens (including phenoxy) is 1. The average molecular weight is 596 g/mol. The molecule has 0 amide bonds. The number of nitrogens with zero attached hydrogens (tertiary/aromatic N) is 4. The van der Waals surface area contributed by atoms with Gasteiger partial charge in [0.1, 0.15) is 12.4 Å². The first kappa shape index (κ1) is 26.1. The second-order valence-electron chi connectivity index (χ2n) is 9.21. The summed E-state index contributed by atoms with van der Waals surface area (Å²) >= 11 is 10.0. The SMILES string of the molecule is O=c1c2ccccc2nc(C2CCCCC2)n1N=Cc1cc(Cl)c(OCc2cccc([N+](=O)[O-])c2)c(Br)c1. The highest BCUT2D eigenvalue weighted by Gasteiger charge is 2.22. The Hall–Kier alpha value is -3.56. The molecule has 4 aromatic rings. The molecule has 0 atom stereocenters. The highest BCUT2D eigenvalue weighted by molar-refractivity contribution is 9.10. The summed E-state index contributed by atoms with van der Waals surface area (Å²) in [6.07, 6.45) is 6.96. The van der Waals surface area contributed by atoms with Crippen LogP contribution >= 0.6 is 27.5 Å². The fourth-order valence-electron chi connectivity index (χ4n) is 4.71. The van der Waals surface area contributed by atoms with Crippen LogP contribution in [0.5, 0.6) is 5.75 Å². The van der Waals surface area contributed by atoms with Gasteiger partial charge in [-0.1, -0.05) is 55.1 Å². The lowest BCUT2D eigenvalue weighted by atomic mass is 9.88. The number of aromatic nitrogens is 2. The fourth-order valence-corrected chi connectivity index (χ4v) is 5.70. The van der Waals surface area contributed by atoms with Crippen LogP contribution in [0.1, 0.15) is 55.0 Å². The van der Waals surface area contributed by atoms with Gasteiger partial charge in [0.25, 0.3) is 11.2 Å². The lowest BCUT2D eigenvalue weighted by Gasteiger charge is -2.22. The molecule has 1 aromatic heterocycles. The van der Waals surface area contributed by atoms with Crippen LogP contribution < -0.4 is 10.3 Å². The molecule has 0 bridgehead atoms. The Morgan fingerprint density at radius 2 is 1.92 bits per heavy atom. The van der Waals surface area contributed by atoms with Gasteiger partial charge in [0.15, 0.2) is 5.75 Å². The number of nitro groups is 1. The third-order valence-corrected chi connectivity index (χ3v) is 7.47. The van der Waals surface area contributed by atoms with Gasteiger partial charge in [-0.15, -0.1) is 0 Å². The number of rotatable bonds is 7. The van der Waals surface area contributed by atoms with Crippen LogP contribution in [0.25, 0.3) is 10.9 Å². The number of nitro benzene ring substituents is 1. The molecule has 194 valence electrons. The smallest absolute Gasteiger partial charge is 0.282 e. The van der Waals surface area contributed by atoms with E-state index in [9.17, 15) is 14.9 Å². The second-order valence-corrected chi connectivity index (χ2v) is 10.5. The molecule has 0 radical (unpaired) electrons. The summed E-state index contributed by atoms with van der Waals surface area (Å²) in [6.45, 7) is 0.107. The average Bonchev–Trinajstić information content (AvgIpc) is 2.92. The van der Waals surface area contributed by atoms with Crippen molar-refractivity contribution in [3.63, 3.8) is 0 Å². The molecule has 1 fully saturated rings. The van der Waals surface area contributed by atoms with Gasteiger partial charge in [-0.25, -0.2) is 4.98 Å². The monoisotopic (exact) mass is 594 g/mol. The highest BCUT2D eigenvalue weighted by atomic mass is 79.9. The van der Waals surface area contributed by atoms with Crippen molar-refractivity contribution in [2.24, 2.45) is 5.10 Å². The van der Waals surface area contributed by atoms with E-state index in [2.05, 4.69) is 21.0 Å². The Kier molecular flexibility index (Phi) is 7.85. The summed E-state index contributed by atoms with van der Waals surface area (Å²) in [5.41, 5.74) is 1.79. The van der Waals surface area contributed by atoms with Gasteiger partial charge >= 0.3 is 0 Å². The molecule has 1 saturated carbocycles. The second kappa shape index (κ2) is 11.4. The van der Waals surface area contributed by atoms with Crippen molar-refractivity contribution in [2.75, 3.05) is 0 Å². The van der Waals surface area contributed by atoms with Crippen molar-refractivity contribution < 1.29 is 9.66 Å². The van der Waals surface area contributed by atoms with Crippen LogP contribution in [0.2, 0.25) is 5.02 Å². The Morgan fingerprint density at radius 3 is 2.68 bits per heavy atom. The number of halogens is 2. The van der Waals surface area contributed by atoms with Gasteiger partial charge in [0, 0.05) is 18.1 Å². The molecule has 38 heavy (non-hydrogen) atoms. The Bertz CT molecular complexity index is 1570. The van der Waals surface area contributed by atoms with Gasteiger partial charge < -0.3 is 4.74 Å². The molecule has 5 rings (SSSR count). The standard InChI is InChI=1S/C28H24BrClN4O4/c29-23-14-19(15-24(30)26(23)38-17-18-7-6-10-21(13-18)34(36)37)16-31-33-27(20-8-2-1-3-9-20)32-25-12-5-4-11-22(25)28(33)35/h4-7,10-16,20H,1-3,8-9,17H2. The summed E-state index contributed by atoms with van der Waals surface area (Å²) in [6, 6.07) is 17.1. The van der Waals surface area contributed by atoms with E-state index in [1.807, 2.05) is 18.2 Å². The first-order valence-corrected chi connectivity index (χ1v) is 13.5. The Labute approximate surface area is 232 Å². The van der Waals surface area contributed by atoms with Crippen LogP contribution in [0.15, 0.2) is 75.0 Å². The maximum Gasteiger partial charge on any atom is 0.282 e. The van der Waals surface area contributed by atoms with Crippen LogP contribution in [0.4, 0.5) is 5.69 Å². The van der Waals surface area contributed by atoms with Gasteiger partial charge in [-0.05, 0) is 64.2 Å². The zero-order chi connectivity index (χ0) is 26.6. The van der Waals surface area contributed by atoms with Crippen molar-refractivity contribution in [1.82, 2.24) is 9.66 Å². The molecular formula is C28H24BrClN4O4. The molecule has 0 spiro atoms. The zero-order valence-corrected chi connectivity index (χ0v) is 22.7. The third-order valence-electron chi connectivity index (χ3n) is 6.60. The lowest BCUT2D eigenvalue weighted by Crippen LogP contribution is -2.25. The minimum Gasteiger partial charge on any atom is -0.486 e. The van der Waals surface area contributed by atoms with Crippen molar-refractivity contribution in [1.29, 1.82) is 0 Å². The molecule has 1 heterocycles. The van der Waals surface area contributed by atoms with Crippen molar-refractivity contribution in [2.45, 2.75) is 44.6 Å². The lowest BCUT2D eigenvalue weighted by molar-refractivity contribution is -0.384. The van der Waals surface area contributed by atoms with E-state index in [1.165, 1.54) is 23.2 Å². The number of para-hydroxylation sites is 1. The minimum absolute atomic E-state index is 0.00570.